The maximum atomic E-state index is 9.80. The summed E-state index contributed by atoms with van der Waals surface area (Å²) in [6.45, 7) is 2.82. The zero-order valence-corrected chi connectivity index (χ0v) is 12.8. The molecule has 1 aromatic heterocycles. The molecule has 0 radical (unpaired) electrons. The number of hydrogen-bond acceptors (Lipinski definition) is 2. The SMILES string of the molecule is Cc1n(CC(O)CCl)c2ccccc2[n+]1CC(O)CCl. The van der Waals surface area contributed by atoms with Crippen LogP contribution in [-0.2, 0) is 13.1 Å². The van der Waals surface area contributed by atoms with E-state index < -0.39 is 12.2 Å². The van der Waals surface area contributed by atoms with Gasteiger partial charge in [-0.3, -0.25) is 0 Å². The van der Waals surface area contributed by atoms with Crippen LogP contribution in [0.3, 0.4) is 0 Å². The Labute approximate surface area is 128 Å². The maximum Gasteiger partial charge on any atom is 0.254 e. The number of rotatable bonds is 6. The van der Waals surface area contributed by atoms with Gasteiger partial charge in [-0.05, 0) is 12.1 Å². The maximum absolute atomic E-state index is 9.80. The molecule has 0 saturated heterocycles. The molecule has 20 heavy (non-hydrogen) atoms. The van der Waals surface area contributed by atoms with E-state index in [0.29, 0.717) is 13.1 Å². The Bertz CT molecular complexity index is 537. The fourth-order valence-corrected chi connectivity index (χ4v) is 2.59. The molecule has 0 bridgehead atoms. The number of aliphatic hydroxyl groups is 2. The van der Waals surface area contributed by atoms with Crippen molar-refractivity contribution in [2.24, 2.45) is 0 Å². The van der Waals surface area contributed by atoms with Gasteiger partial charge in [-0.2, -0.15) is 0 Å². The highest BCUT2D eigenvalue weighted by molar-refractivity contribution is 6.18. The molecule has 2 N–H and O–H groups in total. The van der Waals surface area contributed by atoms with E-state index in [1.165, 1.54) is 0 Å². The molecule has 1 aromatic carbocycles. The number of para-hydroxylation sites is 2. The molecule has 110 valence electrons. The van der Waals surface area contributed by atoms with Crippen LogP contribution in [-0.4, -0.2) is 38.7 Å². The summed E-state index contributed by atoms with van der Waals surface area (Å²) in [6.07, 6.45) is -1.20. The van der Waals surface area contributed by atoms with Crippen LogP contribution in [0.15, 0.2) is 24.3 Å². The van der Waals surface area contributed by atoms with Crippen LogP contribution in [0.4, 0.5) is 0 Å². The lowest BCUT2D eigenvalue weighted by atomic mass is 10.3. The number of hydrogen-bond donors (Lipinski definition) is 2. The molecule has 2 aromatic rings. The van der Waals surface area contributed by atoms with Gasteiger partial charge in [0, 0.05) is 6.92 Å². The molecule has 0 aliphatic carbocycles. The number of benzene rings is 1. The van der Waals surface area contributed by atoms with E-state index in [0.717, 1.165) is 16.9 Å². The summed E-state index contributed by atoms with van der Waals surface area (Å²) in [5.74, 6) is 1.34. The molecule has 1 heterocycles. The fourth-order valence-electron chi connectivity index (χ4n) is 2.40. The molecular weight excluding hydrogens is 299 g/mol. The molecule has 0 fully saturated rings. The van der Waals surface area contributed by atoms with Crippen LogP contribution in [0.5, 0.6) is 0 Å². The molecule has 0 spiro atoms. The predicted octanol–water partition coefficient (Wildman–Crippen LogP) is 1.44. The first-order valence-corrected chi connectivity index (χ1v) is 7.61. The van der Waals surface area contributed by atoms with Gasteiger partial charge >= 0.3 is 0 Å². The molecule has 2 unspecified atom stereocenters. The third-order valence-corrected chi connectivity index (χ3v) is 4.10. The third kappa shape index (κ3) is 3.09. The second-order valence-corrected chi connectivity index (χ2v) is 5.49. The number of fused-ring (bicyclic) bond motifs is 1. The standard InChI is InChI=1S/C14H19Cl2N2O2/c1-10-17(8-11(19)6-15)13-4-2-3-5-14(13)18(10)9-12(20)7-16/h2-5,11-12,19-20H,6-9H2,1H3/q+1. The average molecular weight is 318 g/mol. The largest absolute Gasteiger partial charge is 0.388 e. The van der Waals surface area contributed by atoms with Gasteiger partial charge in [-0.25, -0.2) is 9.13 Å². The van der Waals surface area contributed by atoms with Gasteiger partial charge in [0.15, 0.2) is 11.0 Å². The summed E-state index contributed by atoms with van der Waals surface area (Å²) in [5, 5.41) is 19.6. The minimum absolute atomic E-state index is 0.191. The van der Waals surface area contributed by atoms with Crippen LogP contribution in [0.2, 0.25) is 0 Å². The fraction of sp³-hybridized carbons (Fsp3) is 0.500. The Morgan fingerprint density at radius 3 is 2.45 bits per heavy atom. The van der Waals surface area contributed by atoms with E-state index in [9.17, 15) is 10.2 Å². The molecule has 0 aliphatic rings. The first-order chi connectivity index (χ1) is 9.58. The van der Waals surface area contributed by atoms with Crippen molar-refractivity contribution in [1.82, 2.24) is 4.57 Å². The Morgan fingerprint density at radius 1 is 1.15 bits per heavy atom. The van der Waals surface area contributed by atoms with Crippen LogP contribution in [0.1, 0.15) is 5.82 Å². The van der Waals surface area contributed by atoms with Crippen LogP contribution < -0.4 is 4.57 Å². The number of nitrogens with zero attached hydrogens (tertiary/aromatic N) is 2. The van der Waals surface area contributed by atoms with E-state index in [4.69, 9.17) is 23.2 Å². The molecule has 6 heteroatoms. The summed E-state index contributed by atoms with van der Waals surface area (Å²) in [4.78, 5) is 0. The molecule has 0 aliphatic heterocycles. The lowest BCUT2D eigenvalue weighted by Crippen LogP contribution is -2.43. The summed E-state index contributed by atoms with van der Waals surface area (Å²) in [6, 6.07) is 7.89. The number of alkyl halides is 2. The Kier molecular flexibility index (Phi) is 5.27. The van der Waals surface area contributed by atoms with Crippen molar-refractivity contribution in [1.29, 1.82) is 0 Å². The minimum atomic E-state index is -0.599. The van der Waals surface area contributed by atoms with Crippen molar-refractivity contribution < 1.29 is 14.8 Å². The average Bonchev–Trinajstić information content (AvgIpc) is 2.72. The Balaban J connectivity index is 2.49. The highest BCUT2D eigenvalue weighted by Crippen LogP contribution is 2.15. The molecule has 2 atom stereocenters. The number of aliphatic hydroxyl groups excluding tert-OH is 2. The van der Waals surface area contributed by atoms with Crippen LogP contribution in [0, 0.1) is 6.92 Å². The monoisotopic (exact) mass is 317 g/mol. The second-order valence-electron chi connectivity index (χ2n) is 4.87. The first kappa shape index (κ1) is 15.6. The van der Waals surface area contributed by atoms with Gasteiger partial charge in [0.2, 0.25) is 0 Å². The lowest BCUT2D eigenvalue weighted by molar-refractivity contribution is -0.684. The van der Waals surface area contributed by atoms with E-state index >= 15 is 0 Å². The molecule has 2 rings (SSSR count). The number of imidazole rings is 1. The highest BCUT2D eigenvalue weighted by Gasteiger charge is 2.24. The Morgan fingerprint density at radius 2 is 1.80 bits per heavy atom. The smallest absolute Gasteiger partial charge is 0.254 e. The first-order valence-electron chi connectivity index (χ1n) is 6.54. The van der Waals surface area contributed by atoms with Gasteiger partial charge in [0.25, 0.3) is 5.82 Å². The quantitative estimate of drug-likeness (QED) is 0.625. The van der Waals surface area contributed by atoms with E-state index in [2.05, 4.69) is 0 Å². The number of halogens is 2. The molecule has 0 amide bonds. The van der Waals surface area contributed by atoms with Crippen LogP contribution >= 0.6 is 23.2 Å². The van der Waals surface area contributed by atoms with Gasteiger partial charge < -0.3 is 10.2 Å². The van der Waals surface area contributed by atoms with Crippen molar-refractivity contribution in [3.05, 3.63) is 30.1 Å². The summed E-state index contributed by atoms with van der Waals surface area (Å²) < 4.78 is 4.03. The van der Waals surface area contributed by atoms with Crippen molar-refractivity contribution in [2.45, 2.75) is 32.2 Å². The van der Waals surface area contributed by atoms with E-state index in [-0.39, 0.29) is 11.8 Å². The van der Waals surface area contributed by atoms with Crippen molar-refractivity contribution >= 4 is 34.2 Å². The molecule has 0 saturated carbocycles. The summed E-state index contributed by atoms with van der Waals surface area (Å²) >= 11 is 11.4. The van der Waals surface area contributed by atoms with E-state index in [1.807, 2.05) is 40.3 Å². The van der Waals surface area contributed by atoms with Gasteiger partial charge in [-0.1, -0.05) is 12.1 Å². The van der Waals surface area contributed by atoms with Gasteiger partial charge in [0.05, 0.1) is 11.8 Å². The van der Waals surface area contributed by atoms with Gasteiger partial charge in [0.1, 0.15) is 25.3 Å². The van der Waals surface area contributed by atoms with E-state index in [1.54, 1.807) is 0 Å². The van der Waals surface area contributed by atoms with Crippen molar-refractivity contribution in [3.63, 3.8) is 0 Å². The number of aromatic nitrogens is 2. The third-order valence-electron chi connectivity index (χ3n) is 3.39. The summed E-state index contributed by atoms with van der Waals surface area (Å²) in [5.41, 5.74) is 2.02. The van der Waals surface area contributed by atoms with Gasteiger partial charge in [-0.15, -0.1) is 23.2 Å². The zero-order valence-electron chi connectivity index (χ0n) is 11.3. The second kappa shape index (κ2) is 6.76. The summed E-state index contributed by atoms with van der Waals surface area (Å²) in [7, 11) is 0. The normalized spacial score (nSPS) is 14.7. The Hall–Kier alpha value is -0.810. The topological polar surface area (TPSA) is 49.3 Å². The van der Waals surface area contributed by atoms with Crippen molar-refractivity contribution in [3.8, 4) is 0 Å². The minimum Gasteiger partial charge on any atom is -0.388 e. The highest BCUT2D eigenvalue weighted by atomic mass is 35.5. The van der Waals surface area contributed by atoms with Crippen molar-refractivity contribution in [2.75, 3.05) is 11.8 Å². The lowest BCUT2D eigenvalue weighted by Gasteiger charge is -2.07. The molecule has 4 nitrogen and oxygen atoms in total. The predicted molar refractivity (Wildman–Crippen MR) is 80.3 cm³/mol. The van der Waals surface area contributed by atoms with Crippen LogP contribution in [0.25, 0.3) is 11.0 Å². The zero-order chi connectivity index (χ0) is 14.7. The molecular formula is C14H19Cl2N2O2+.